The Kier molecular flexibility index (Phi) is 8.53. The average Bonchev–Trinajstić information content (AvgIpc) is 2.91. The highest BCUT2D eigenvalue weighted by Gasteiger charge is 2.23. The number of hydrazine groups is 1. The Hall–Kier alpha value is -2.75. The van der Waals surface area contributed by atoms with Crippen LogP contribution in [-0.4, -0.2) is 65.4 Å². The zero-order valence-corrected chi connectivity index (χ0v) is 22.0. The van der Waals surface area contributed by atoms with E-state index < -0.39 is 6.09 Å². The van der Waals surface area contributed by atoms with Crippen LogP contribution in [0, 0.1) is 0 Å². The Labute approximate surface area is 226 Å². The zero-order chi connectivity index (χ0) is 25.6. The second kappa shape index (κ2) is 12.2. The molecule has 194 valence electrons. The first-order chi connectivity index (χ1) is 18.0. The number of nitrogens with one attached hydrogen (secondary N) is 1. The van der Waals surface area contributed by atoms with Crippen LogP contribution in [0.25, 0.3) is 22.5 Å². The van der Waals surface area contributed by atoms with Gasteiger partial charge < -0.3 is 9.47 Å². The normalized spacial score (nSPS) is 16.9. The predicted molar refractivity (Wildman–Crippen MR) is 144 cm³/mol. The Morgan fingerprint density at radius 1 is 0.838 bits per heavy atom. The number of carbonyl (C=O) groups excluding carboxylic acids is 1. The maximum absolute atomic E-state index is 12.9. The third-order valence-corrected chi connectivity index (χ3v) is 6.94. The van der Waals surface area contributed by atoms with E-state index in [0.29, 0.717) is 46.9 Å². The molecule has 2 aliphatic heterocycles. The van der Waals surface area contributed by atoms with Crippen LogP contribution in [0.3, 0.4) is 0 Å². The van der Waals surface area contributed by atoms with Gasteiger partial charge in [-0.25, -0.2) is 19.8 Å². The number of ether oxygens (including phenoxy) is 2. The molecule has 0 atom stereocenters. The Morgan fingerprint density at radius 2 is 1.41 bits per heavy atom. The smallest absolute Gasteiger partial charge is 0.388 e. The molecule has 2 aliphatic rings. The van der Waals surface area contributed by atoms with Gasteiger partial charge in [0.15, 0.2) is 0 Å². The summed E-state index contributed by atoms with van der Waals surface area (Å²) in [4.78, 5) is 25.0. The van der Waals surface area contributed by atoms with Gasteiger partial charge in [0.1, 0.15) is 11.4 Å². The summed E-state index contributed by atoms with van der Waals surface area (Å²) in [6.07, 6.45) is 2.68. The molecule has 0 saturated carbocycles. The fourth-order valence-electron chi connectivity index (χ4n) is 4.47. The largest absolute Gasteiger partial charge is 0.428 e. The molecule has 3 aromatic rings. The van der Waals surface area contributed by atoms with Crippen LogP contribution in [0.5, 0.6) is 5.88 Å². The van der Waals surface area contributed by atoms with Crippen molar-refractivity contribution in [3.05, 3.63) is 64.3 Å². The second-order valence-corrected chi connectivity index (χ2v) is 10.00. The van der Waals surface area contributed by atoms with Crippen LogP contribution in [0.2, 0.25) is 10.0 Å². The first kappa shape index (κ1) is 25.9. The second-order valence-electron chi connectivity index (χ2n) is 9.12. The zero-order valence-electron chi connectivity index (χ0n) is 20.5. The van der Waals surface area contributed by atoms with Gasteiger partial charge in [0, 0.05) is 53.9 Å². The van der Waals surface area contributed by atoms with Crippen molar-refractivity contribution in [3.63, 3.8) is 0 Å². The SMILES string of the molecule is O=C(NN1CCCCC1)Oc1nc(-c2ccc(Cl)cc2)c(-c2ccc(Cl)cc2)nc1CN1CCOCC1. The van der Waals surface area contributed by atoms with Crippen LogP contribution < -0.4 is 10.2 Å². The summed E-state index contributed by atoms with van der Waals surface area (Å²) in [5.41, 5.74) is 6.36. The average molecular weight is 542 g/mol. The molecule has 1 aromatic heterocycles. The summed E-state index contributed by atoms with van der Waals surface area (Å²) in [7, 11) is 0. The van der Waals surface area contributed by atoms with Crippen molar-refractivity contribution in [2.75, 3.05) is 39.4 Å². The molecule has 0 radical (unpaired) electrons. The number of halogens is 2. The standard InChI is InChI=1S/C27H29Cl2N5O3/c28-21-8-4-19(5-9-21)24-25(20-6-10-22(29)11-7-20)31-26(23(30-24)18-33-14-16-36-17-15-33)37-27(35)32-34-12-2-1-3-13-34/h4-11H,1-3,12-18H2,(H,32,35). The van der Waals surface area contributed by atoms with Crippen molar-refractivity contribution >= 4 is 29.3 Å². The number of aromatic nitrogens is 2. The van der Waals surface area contributed by atoms with E-state index >= 15 is 0 Å². The van der Waals surface area contributed by atoms with Crippen LogP contribution >= 0.6 is 23.2 Å². The number of nitrogens with zero attached hydrogens (tertiary/aromatic N) is 4. The minimum atomic E-state index is -0.569. The van der Waals surface area contributed by atoms with Gasteiger partial charge in [-0.3, -0.25) is 10.3 Å². The van der Waals surface area contributed by atoms with E-state index in [4.69, 9.17) is 42.6 Å². The number of morpholine rings is 1. The fraction of sp³-hybridized carbons (Fsp3) is 0.370. The summed E-state index contributed by atoms with van der Waals surface area (Å²) in [5.74, 6) is 0.184. The van der Waals surface area contributed by atoms with Crippen molar-refractivity contribution in [3.8, 4) is 28.4 Å². The molecule has 0 bridgehead atoms. The monoisotopic (exact) mass is 541 g/mol. The summed E-state index contributed by atoms with van der Waals surface area (Å²) in [6, 6.07) is 14.8. The fourth-order valence-corrected chi connectivity index (χ4v) is 4.73. The molecule has 3 heterocycles. The van der Waals surface area contributed by atoms with E-state index in [-0.39, 0.29) is 5.88 Å². The number of hydrogen-bond donors (Lipinski definition) is 1. The lowest BCUT2D eigenvalue weighted by Crippen LogP contribution is -2.46. The van der Waals surface area contributed by atoms with Gasteiger partial charge in [-0.2, -0.15) is 0 Å². The molecule has 2 aromatic carbocycles. The van der Waals surface area contributed by atoms with Gasteiger partial charge in [-0.15, -0.1) is 0 Å². The molecule has 5 rings (SSSR count). The van der Waals surface area contributed by atoms with Gasteiger partial charge in [0.25, 0.3) is 0 Å². The number of hydrogen-bond acceptors (Lipinski definition) is 7. The maximum atomic E-state index is 12.9. The van der Waals surface area contributed by atoms with Crippen molar-refractivity contribution in [1.29, 1.82) is 0 Å². The van der Waals surface area contributed by atoms with E-state index in [1.54, 1.807) is 12.1 Å². The Balaban J connectivity index is 1.54. The van der Waals surface area contributed by atoms with Gasteiger partial charge in [-0.05, 0) is 37.1 Å². The lowest BCUT2D eigenvalue weighted by molar-refractivity contribution is 0.0332. The summed E-state index contributed by atoms with van der Waals surface area (Å²) in [5, 5.41) is 3.14. The highest BCUT2D eigenvalue weighted by Crippen LogP contribution is 2.34. The molecule has 0 unspecified atom stereocenters. The summed E-state index contributed by atoms with van der Waals surface area (Å²) >= 11 is 12.3. The van der Waals surface area contributed by atoms with Crippen molar-refractivity contribution in [2.24, 2.45) is 0 Å². The molecule has 2 fully saturated rings. The van der Waals surface area contributed by atoms with Gasteiger partial charge in [0.05, 0.1) is 18.9 Å². The molecule has 0 aliphatic carbocycles. The van der Waals surface area contributed by atoms with E-state index in [0.717, 1.165) is 50.1 Å². The maximum Gasteiger partial charge on any atom is 0.428 e. The first-order valence-corrected chi connectivity index (χ1v) is 13.3. The Bertz CT molecular complexity index is 1210. The van der Waals surface area contributed by atoms with Gasteiger partial charge in [0.2, 0.25) is 5.88 Å². The highest BCUT2D eigenvalue weighted by atomic mass is 35.5. The molecule has 8 nitrogen and oxygen atoms in total. The van der Waals surface area contributed by atoms with Crippen LogP contribution in [0.4, 0.5) is 4.79 Å². The van der Waals surface area contributed by atoms with E-state index in [9.17, 15) is 4.79 Å². The lowest BCUT2D eigenvalue weighted by Gasteiger charge is -2.28. The Morgan fingerprint density at radius 3 is 2.00 bits per heavy atom. The molecule has 1 N–H and O–H groups in total. The van der Waals surface area contributed by atoms with Crippen LogP contribution in [-0.2, 0) is 11.3 Å². The van der Waals surface area contributed by atoms with Crippen LogP contribution in [0.1, 0.15) is 25.0 Å². The third kappa shape index (κ3) is 6.77. The minimum Gasteiger partial charge on any atom is -0.388 e. The first-order valence-electron chi connectivity index (χ1n) is 12.5. The number of amides is 1. The third-order valence-electron chi connectivity index (χ3n) is 6.44. The van der Waals surface area contributed by atoms with E-state index in [1.807, 2.05) is 41.4 Å². The number of carbonyl (C=O) groups is 1. The molecular formula is C27H29Cl2N5O3. The number of piperidine rings is 1. The quantitative estimate of drug-likeness (QED) is 0.445. The molecule has 37 heavy (non-hydrogen) atoms. The van der Waals surface area contributed by atoms with E-state index in [1.165, 1.54) is 6.42 Å². The number of benzene rings is 2. The molecular weight excluding hydrogens is 513 g/mol. The minimum absolute atomic E-state index is 0.184. The summed E-state index contributed by atoms with van der Waals surface area (Å²) in [6.45, 7) is 4.88. The van der Waals surface area contributed by atoms with Crippen LogP contribution in [0.15, 0.2) is 48.5 Å². The molecule has 0 spiro atoms. The summed E-state index contributed by atoms with van der Waals surface area (Å²) < 4.78 is 11.3. The van der Waals surface area contributed by atoms with Crippen molar-refractivity contribution in [1.82, 2.24) is 25.3 Å². The highest BCUT2D eigenvalue weighted by molar-refractivity contribution is 6.31. The molecule has 10 heteroatoms. The topological polar surface area (TPSA) is 79.8 Å². The van der Waals surface area contributed by atoms with E-state index in [2.05, 4.69) is 10.3 Å². The van der Waals surface area contributed by atoms with Gasteiger partial charge in [-0.1, -0.05) is 53.9 Å². The van der Waals surface area contributed by atoms with Gasteiger partial charge >= 0.3 is 6.09 Å². The predicted octanol–water partition coefficient (Wildman–Crippen LogP) is 5.44. The number of rotatable bonds is 6. The molecule has 1 amide bonds. The molecule has 2 saturated heterocycles. The lowest BCUT2D eigenvalue weighted by atomic mass is 10.0. The van der Waals surface area contributed by atoms with Crippen molar-refractivity contribution in [2.45, 2.75) is 25.8 Å². The van der Waals surface area contributed by atoms with Crippen molar-refractivity contribution < 1.29 is 14.3 Å².